The maximum atomic E-state index is 9.39. The third-order valence-corrected chi connectivity index (χ3v) is 3.42. The quantitative estimate of drug-likeness (QED) is 0.845. The lowest BCUT2D eigenvalue weighted by Gasteiger charge is -2.09. The molecule has 4 heteroatoms. The third kappa shape index (κ3) is 3.28. The maximum absolute atomic E-state index is 9.39. The van der Waals surface area contributed by atoms with Crippen LogP contribution >= 0.6 is 0 Å². The molecule has 0 amide bonds. The van der Waals surface area contributed by atoms with Crippen LogP contribution in [-0.2, 0) is 0 Å². The predicted molar refractivity (Wildman–Crippen MR) is 84.9 cm³/mol. The Bertz CT molecular complexity index is 671. The highest BCUT2D eigenvalue weighted by molar-refractivity contribution is 6.18. The van der Waals surface area contributed by atoms with Crippen molar-refractivity contribution in [3.05, 3.63) is 59.9 Å². The topological polar surface area (TPSA) is 71.5 Å². The number of nitrogens with two attached hydrogens (primary N) is 1. The van der Waals surface area contributed by atoms with Crippen molar-refractivity contribution < 1.29 is 5.11 Å². The van der Waals surface area contributed by atoms with Crippen LogP contribution in [0.1, 0.15) is 24.0 Å². The van der Waals surface area contributed by atoms with E-state index in [1.807, 2.05) is 18.3 Å². The molecule has 1 aliphatic carbocycles. The van der Waals surface area contributed by atoms with Gasteiger partial charge in [0, 0.05) is 29.9 Å². The van der Waals surface area contributed by atoms with Gasteiger partial charge in [0.05, 0.1) is 6.04 Å². The Hall–Kier alpha value is -2.62. The minimum atomic E-state index is 0.226. The molecule has 0 atom stereocenters. The molecule has 3 rings (SSSR count). The molecule has 1 aromatic carbocycles. The number of benzene rings is 1. The number of rotatable bonds is 4. The lowest BCUT2D eigenvalue weighted by atomic mass is 10.0. The molecular formula is C17H17N3O. The summed E-state index contributed by atoms with van der Waals surface area (Å²) in [7, 11) is 0. The molecule has 1 fully saturated rings. The highest BCUT2D eigenvalue weighted by atomic mass is 16.3. The normalized spacial score (nSPS) is 16.0. The number of aliphatic imine (C=N–C) groups is 1. The van der Waals surface area contributed by atoms with E-state index in [2.05, 4.69) is 9.98 Å². The van der Waals surface area contributed by atoms with Crippen molar-refractivity contribution in [3.8, 4) is 5.75 Å². The Balaban J connectivity index is 2.03. The van der Waals surface area contributed by atoms with Crippen LogP contribution in [-0.4, -0.2) is 22.3 Å². The Kier molecular flexibility index (Phi) is 3.69. The number of nitrogens with zero attached hydrogens (tertiary/aromatic N) is 2. The van der Waals surface area contributed by atoms with E-state index in [0.717, 1.165) is 29.5 Å². The molecule has 4 nitrogen and oxygen atoms in total. The van der Waals surface area contributed by atoms with Crippen LogP contribution in [0.4, 0.5) is 0 Å². The molecule has 3 N–H and O–H groups in total. The fourth-order valence-corrected chi connectivity index (χ4v) is 2.03. The smallest absolute Gasteiger partial charge is 0.115 e. The second kappa shape index (κ2) is 5.79. The zero-order valence-electron chi connectivity index (χ0n) is 11.6. The third-order valence-electron chi connectivity index (χ3n) is 3.42. The molecule has 0 bridgehead atoms. The van der Waals surface area contributed by atoms with Gasteiger partial charge in [0.1, 0.15) is 5.75 Å². The molecule has 0 saturated heterocycles. The molecule has 0 aliphatic heterocycles. The van der Waals surface area contributed by atoms with Crippen molar-refractivity contribution in [2.75, 3.05) is 0 Å². The molecule has 0 spiro atoms. The number of hydrogen-bond acceptors (Lipinski definition) is 4. The summed E-state index contributed by atoms with van der Waals surface area (Å²) in [5, 5.41) is 9.39. The Morgan fingerprint density at radius 2 is 1.76 bits per heavy atom. The Morgan fingerprint density at radius 1 is 1.10 bits per heavy atom. The van der Waals surface area contributed by atoms with E-state index in [4.69, 9.17) is 5.73 Å². The van der Waals surface area contributed by atoms with Gasteiger partial charge in [0.25, 0.3) is 0 Å². The van der Waals surface area contributed by atoms with E-state index in [9.17, 15) is 5.11 Å². The standard InChI is InChI=1S/C17H17N3O/c18-17(13-1-5-15(21)6-2-13)16(11-20-14-3-4-14)12-7-9-19-10-8-12/h1-2,5-11,14,21H,3-4,18H2/b17-16+,20-11?. The SMILES string of the molecule is N/C(=C(\C=NC1CC1)c1ccncc1)c1ccc(O)cc1. The van der Waals surface area contributed by atoms with Crippen LogP contribution in [0.15, 0.2) is 53.8 Å². The van der Waals surface area contributed by atoms with E-state index in [1.54, 1.807) is 36.7 Å². The molecular weight excluding hydrogens is 262 g/mol. The summed E-state index contributed by atoms with van der Waals surface area (Å²) in [4.78, 5) is 8.58. The summed E-state index contributed by atoms with van der Waals surface area (Å²) in [5.41, 5.74) is 9.69. The van der Waals surface area contributed by atoms with Gasteiger partial charge in [-0.1, -0.05) is 0 Å². The van der Waals surface area contributed by atoms with Crippen LogP contribution < -0.4 is 5.73 Å². The minimum absolute atomic E-state index is 0.226. The van der Waals surface area contributed by atoms with Crippen LogP contribution in [0, 0.1) is 0 Å². The molecule has 21 heavy (non-hydrogen) atoms. The summed E-state index contributed by atoms with van der Waals surface area (Å²) < 4.78 is 0. The summed E-state index contributed by atoms with van der Waals surface area (Å²) in [6.07, 6.45) is 7.64. The van der Waals surface area contributed by atoms with Crippen molar-refractivity contribution >= 4 is 17.5 Å². The number of pyridine rings is 1. The van der Waals surface area contributed by atoms with Crippen molar-refractivity contribution in [1.82, 2.24) is 4.98 Å². The lowest BCUT2D eigenvalue weighted by Crippen LogP contribution is -2.03. The molecule has 0 radical (unpaired) electrons. The zero-order chi connectivity index (χ0) is 14.7. The van der Waals surface area contributed by atoms with Crippen molar-refractivity contribution in [2.24, 2.45) is 10.7 Å². The maximum Gasteiger partial charge on any atom is 0.115 e. The summed E-state index contributed by atoms with van der Waals surface area (Å²) in [6.45, 7) is 0. The lowest BCUT2D eigenvalue weighted by molar-refractivity contribution is 0.475. The number of phenolic OH excluding ortho intramolecular Hbond substituents is 1. The number of aromatic hydroxyl groups is 1. The highest BCUT2D eigenvalue weighted by Gasteiger charge is 2.19. The predicted octanol–water partition coefficient (Wildman–Crippen LogP) is 2.85. The van der Waals surface area contributed by atoms with E-state index in [-0.39, 0.29) is 5.75 Å². The first-order valence-electron chi connectivity index (χ1n) is 6.97. The first-order valence-corrected chi connectivity index (χ1v) is 6.97. The van der Waals surface area contributed by atoms with E-state index in [1.165, 1.54) is 0 Å². The largest absolute Gasteiger partial charge is 0.508 e. The Morgan fingerprint density at radius 3 is 2.38 bits per heavy atom. The van der Waals surface area contributed by atoms with Gasteiger partial charge in [0.15, 0.2) is 0 Å². The van der Waals surface area contributed by atoms with Gasteiger partial charge >= 0.3 is 0 Å². The summed E-state index contributed by atoms with van der Waals surface area (Å²) in [5.74, 6) is 0.226. The van der Waals surface area contributed by atoms with Crippen LogP contribution in [0.25, 0.3) is 11.3 Å². The van der Waals surface area contributed by atoms with Gasteiger partial charge in [-0.3, -0.25) is 9.98 Å². The van der Waals surface area contributed by atoms with Gasteiger partial charge < -0.3 is 10.8 Å². The number of allylic oxidation sites excluding steroid dienone is 1. The fraction of sp³-hybridized carbons (Fsp3) is 0.176. The molecule has 2 aromatic rings. The summed E-state index contributed by atoms with van der Waals surface area (Å²) in [6, 6.07) is 11.1. The monoisotopic (exact) mass is 279 g/mol. The molecule has 1 heterocycles. The average Bonchev–Trinajstić information content (AvgIpc) is 3.33. The van der Waals surface area contributed by atoms with Crippen molar-refractivity contribution in [1.29, 1.82) is 0 Å². The van der Waals surface area contributed by atoms with E-state index < -0.39 is 0 Å². The van der Waals surface area contributed by atoms with Gasteiger partial charge in [-0.2, -0.15) is 0 Å². The van der Waals surface area contributed by atoms with Gasteiger partial charge in [-0.05, 0) is 60.4 Å². The van der Waals surface area contributed by atoms with Crippen LogP contribution in [0.5, 0.6) is 5.75 Å². The first-order chi connectivity index (χ1) is 10.2. The fourth-order valence-electron chi connectivity index (χ4n) is 2.03. The molecule has 106 valence electrons. The number of hydrogen-bond donors (Lipinski definition) is 2. The number of phenols is 1. The number of aromatic nitrogens is 1. The zero-order valence-corrected chi connectivity index (χ0v) is 11.6. The molecule has 1 aromatic heterocycles. The first kappa shape index (κ1) is 13.4. The average molecular weight is 279 g/mol. The van der Waals surface area contributed by atoms with Crippen LogP contribution in [0.2, 0.25) is 0 Å². The second-order valence-corrected chi connectivity index (χ2v) is 5.12. The van der Waals surface area contributed by atoms with Crippen LogP contribution in [0.3, 0.4) is 0 Å². The minimum Gasteiger partial charge on any atom is -0.508 e. The summed E-state index contributed by atoms with van der Waals surface area (Å²) >= 11 is 0. The van der Waals surface area contributed by atoms with Gasteiger partial charge in [-0.25, -0.2) is 0 Å². The molecule has 0 unspecified atom stereocenters. The second-order valence-electron chi connectivity index (χ2n) is 5.12. The highest BCUT2D eigenvalue weighted by Crippen LogP contribution is 2.26. The Labute approximate surface area is 123 Å². The van der Waals surface area contributed by atoms with E-state index >= 15 is 0 Å². The van der Waals surface area contributed by atoms with E-state index in [0.29, 0.717) is 11.7 Å². The van der Waals surface area contributed by atoms with Crippen molar-refractivity contribution in [3.63, 3.8) is 0 Å². The molecule has 1 aliphatic rings. The van der Waals surface area contributed by atoms with Crippen molar-refractivity contribution in [2.45, 2.75) is 18.9 Å². The molecule has 1 saturated carbocycles. The van der Waals surface area contributed by atoms with Gasteiger partial charge in [0.2, 0.25) is 0 Å². The van der Waals surface area contributed by atoms with Gasteiger partial charge in [-0.15, -0.1) is 0 Å².